The number of guanidine groups is 2. The number of carbonyl (C=O) groups excluding carboxylic acids is 4. The van der Waals surface area contributed by atoms with Gasteiger partial charge < -0.3 is 41.0 Å². The molecule has 0 amide bonds. The van der Waals surface area contributed by atoms with Crippen molar-refractivity contribution in [1.82, 2.24) is 9.80 Å². The number of nitrogens with one attached hydrogen (secondary N) is 2. The second kappa shape index (κ2) is 22.0. The molecule has 0 aliphatic rings. The van der Waals surface area contributed by atoms with Gasteiger partial charge in [-0.2, -0.15) is 0 Å². The topological polar surface area (TPSA) is 268 Å². The average Bonchev–Trinajstić information content (AvgIpc) is 2.69. The Labute approximate surface area is 196 Å². The zero-order chi connectivity index (χ0) is 28.0. The molecule has 0 unspecified atom stereocenters. The number of nitrogens with two attached hydrogens (primary N) is 2. The predicted octanol–water partition coefficient (Wildman–Crippen LogP) is -1.93. The van der Waals surface area contributed by atoms with Crippen molar-refractivity contribution >= 4 is 47.4 Å². The fourth-order valence-electron chi connectivity index (χ4n) is 0.971. The molecule has 0 aromatic rings. The summed E-state index contributed by atoms with van der Waals surface area (Å²) in [7, 11) is 3.11. The highest BCUT2D eigenvalue weighted by Gasteiger charge is 2.07. The van der Waals surface area contributed by atoms with Gasteiger partial charge in [0.05, 0.1) is 13.2 Å². The number of likely N-dealkylation sites (N-methyl/N-ethyl adjacent to an activating group) is 2. The maximum atomic E-state index is 10.7. The summed E-state index contributed by atoms with van der Waals surface area (Å²) in [5.74, 6) is -5.43. The van der Waals surface area contributed by atoms with E-state index in [9.17, 15) is 28.8 Å². The lowest BCUT2D eigenvalue weighted by molar-refractivity contribution is -0.148. The van der Waals surface area contributed by atoms with Crippen LogP contribution >= 0.6 is 0 Å². The number of nitrogens with zero attached hydrogens (tertiary/aromatic N) is 2. The summed E-state index contributed by atoms with van der Waals surface area (Å²) in [5.41, 5.74) is 10.2. The first-order valence-corrected chi connectivity index (χ1v) is 9.33. The maximum Gasteiger partial charge on any atom is 0.371 e. The molecule has 0 aliphatic heterocycles. The summed E-state index contributed by atoms with van der Waals surface area (Å²) < 4.78 is 9.26. The van der Waals surface area contributed by atoms with E-state index >= 15 is 0 Å². The Balaban J connectivity index is -0.000000184. The normalized spacial score (nSPS) is 8.41. The Morgan fingerprint density at radius 1 is 0.706 bits per heavy atom. The molecule has 34 heavy (non-hydrogen) atoms. The van der Waals surface area contributed by atoms with Gasteiger partial charge in [-0.05, 0) is 13.8 Å². The Kier molecular flexibility index (Phi) is 24.0. The van der Waals surface area contributed by atoms with Crippen molar-refractivity contribution < 1.29 is 48.5 Å². The lowest BCUT2D eigenvalue weighted by Crippen LogP contribution is -2.37. The van der Waals surface area contributed by atoms with Gasteiger partial charge in [-0.25, -0.2) is 9.59 Å². The molecule has 196 valence electrons. The molecule has 0 saturated carbocycles. The summed E-state index contributed by atoms with van der Waals surface area (Å²) in [6.07, 6.45) is 0. The highest BCUT2D eigenvalue weighted by Crippen LogP contribution is 1.84. The molecule has 0 bridgehead atoms. The standard InChI is InChI=1S/2C6H13N3O2.2C3H4O3/c2*1-3-11-5(10)4-9(2)6(7)8;2*1-2(4)3(5)6/h2*3-4H2,1-2H3,(H3,7,8);2*1H3,(H,5,6). The van der Waals surface area contributed by atoms with E-state index in [1.54, 1.807) is 27.9 Å². The second-order valence-corrected chi connectivity index (χ2v) is 5.82. The van der Waals surface area contributed by atoms with Crippen molar-refractivity contribution in [2.75, 3.05) is 40.4 Å². The van der Waals surface area contributed by atoms with Crippen molar-refractivity contribution in [2.24, 2.45) is 11.5 Å². The molecule has 0 aromatic carbocycles. The van der Waals surface area contributed by atoms with E-state index in [2.05, 4.69) is 9.47 Å². The highest BCUT2D eigenvalue weighted by atomic mass is 16.5. The van der Waals surface area contributed by atoms with Gasteiger partial charge in [-0.15, -0.1) is 0 Å². The lowest BCUT2D eigenvalue weighted by Gasteiger charge is -2.14. The van der Waals surface area contributed by atoms with Gasteiger partial charge >= 0.3 is 23.9 Å². The minimum absolute atomic E-state index is 0.0309. The van der Waals surface area contributed by atoms with E-state index in [-0.39, 0.29) is 36.9 Å². The van der Waals surface area contributed by atoms with Crippen LogP contribution in [-0.4, -0.2) is 108 Å². The van der Waals surface area contributed by atoms with Crippen LogP contribution in [0.2, 0.25) is 0 Å². The van der Waals surface area contributed by atoms with Crippen LogP contribution < -0.4 is 11.5 Å². The van der Waals surface area contributed by atoms with Crippen molar-refractivity contribution in [2.45, 2.75) is 27.7 Å². The van der Waals surface area contributed by atoms with E-state index < -0.39 is 23.5 Å². The van der Waals surface area contributed by atoms with E-state index in [1.165, 1.54) is 9.80 Å². The number of carboxylic acid groups (broad SMARTS) is 2. The van der Waals surface area contributed by atoms with Gasteiger partial charge in [0, 0.05) is 27.9 Å². The highest BCUT2D eigenvalue weighted by molar-refractivity contribution is 6.31. The van der Waals surface area contributed by atoms with Gasteiger partial charge in [-0.3, -0.25) is 30.0 Å². The maximum absolute atomic E-state index is 10.7. The van der Waals surface area contributed by atoms with Crippen LogP contribution in [0, 0.1) is 10.8 Å². The number of carboxylic acids is 2. The third-order valence-corrected chi connectivity index (χ3v) is 2.77. The minimum Gasteiger partial charge on any atom is -0.476 e. The Bertz CT molecular complexity index is 642. The van der Waals surface area contributed by atoms with E-state index in [1.807, 2.05) is 0 Å². The van der Waals surface area contributed by atoms with Crippen LogP contribution in [0.3, 0.4) is 0 Å². The van der Waals surface area contributed by atoms with Crippen molar-refractivity contribution in [3.63, 3.8) is 0 Å². The number of esters is 2. The quantitative estimate of drug-likeness (QED) is 0.0928. The zero-order valence-corrected chi connectivity index (χ0v) is 20.0. The third-order valence-electron chi connectivity index (χ3n) is 2.77. The fraction of sp³-hybridized carbons (Fsp3) is 0.556. The van der Waals surface area contributed by atoms with Gasteiger partial charge in [-0.1, -0.05) is 0 Å². The number of ether oxygens (including phenoxy) is 2. The molecule has 0 aromatic heterocycles. The average molecular weight is 495 g/mol. The summed E-state index contributed by atoms with van der Waals surface area (Å²) in [6.45, 7) is 6.23. The van der Waals surface area contributed by atoms with Crippen molar-refractivity contribution in [3.05, 3.63) is 0 Å². The Hall–Kier alpha value is -4.24. The predicted molar refractivity (Wildman–Crippen MR) is 119 cm³/mol. The summed E-state index contributed by atoms with van der Waals surface area (Å²) in [6, 6.07) is 0. The summed E-state index contributed by atoms with van der Waals surface area (Å²) >= 11 is 0. The first-order chi connectivity index (χ1) is 15.4. The molecule has 0 atom stereocenters. The molecule has 16 heteroatoms. The van der Waals surface area contributed by atoms with Crippen LogP contribution in [0.1, 0.15) is 27.7 Å². The summed E-state index contributed by atoms with van der Waals surface area (Å²) in [5, 5.41) is 29.1. The fourth-order valence-corrected chi connectivity index (χ4v) is 0.971. The molecular weight excluding hydrogens is 460 g/mol. The molecule has 0 saturated heterocycles. The summed E-state index contributed by atoms with van der Waals surface area (Å²) in [4.78, 5) is 61.9. The van der Waals surface area contributed by atoms with Crippen LogP contribution in [0.4, 0.5) is 0 Å². The number of hydrogen-bond acceptors (Lipinski definition) is 10. The van der Waals surface area contributed by atoms with Crippen LogP contribution in [-0.2, 0) is 38.2 Å². The first-order valence-electron chi connectivity index (χ1n) is 9.33. The molecule has 8 N–H and O–H groups in total. The molecular formula is C18H34N6O10. The van der Waals surface area contributed by atoms with Crippen LogP contribution in [0.5, 0.6) is 0 Å². The molecule has 0 fully saturated rings. The Morgan fingerprint density at radius 2 is 0.912 bits per heavy atom. The third kappa shape index (κ3) is 30.0. The zero-order valence-electron chi connectivity index (χ0n) is 20.0. The van der Waals surface area contributed by atoms with E-state index in [0.29, 0.717) is 13.2 Å². The number of carbonyl (C=O) groups is 6. The number of hydrogen-bond donors (Lipinski definition) is 6. The molecule has 0 radical (unpaired) electrons. The van der Waals surface area contributed by atoms with Gasteiger partial charge in [0.2, 0.25) is 11.6 Å². The SMILES string of the molecule is CC(=O)C(=O)O.CC(=O)C(=O)O.CCOC(=O)CN(C)C(=N)N.CCOC(=O)CN(C)C(=N)N. The molecule has 0 aliphatic carbocycles. The number of Topliss-reactive ketones (excluding diaryl/α,β-unsaturated/α-hetero) is 2. The second-order valence-electron chi connectivity index (χ2n) is 5.82. The monoisotopic (exact) mass is 494 g/mol. The molecule has 0 heterocycles. The molecule has 16 nitrogen and oxygen atoms in total. The van der Waals surface area contributed by atoms with E-state index in [0.717, 1.165) is 13.8 Å². The van der Waals surface area contributed by atoms with Gasteiger partial charge in [0.15, 0.2) is 11.9 Å². The first kappa shape index (κ1) is 37.1. The minimum atomic E-state index is -1.38. The van der Waals surface area contributed by atoms with Crippen molar-refractivity contribution in [1.29, 1.82) is 10.8 Å². The smallest absolute Gasteiger partial charge is 0.371 e. The lowest BCUT2D eigenvalue weighted by atomic mass is 10.5. The van der Waals surface area contributed by atoms with E-state index in [4.69, 9.17) is 32.5 Å². The van der Waals surface area contributed by atoms with Crippen LogP contribution in [0.25, 0.3) is 0 Å². The number of rotatable bonds is 8. The van der Waals surface area contributed by atoms with Gasteiger partial charge in [0.1, 0.15) is 13.1 Å². The molecule has 0 rings (SSSR count). The molecule has 0 spiro atoms. The van der Waals surface area contributed by atoms with Gasteiger partial charge in [0.25, 0.3) is 0 Å². The number of aliphatic carboxylic acids is 2. The van der Waals surface area contributed by atoms with Crippen molar-refractivity contribution in [3.8, 4) is 0 Å². The Morgan fingerprint density at radius 3 is 1.03 bits per heavy atom. The number of ketones is 2. The largest absolute Gasteiger partial charge is 0.476 e. The van der Waals surface area contributed by atoms with Crippen LogP contribution in [0.15, 0.2) is 0 Å².